The number of rotatable bonds is 1. The first-order chi connectivity index (χ1) is 5.16. The summed E-state index contributed by atoms with van der Waals surface area (Å²) in [6, 6.07) is 2.80. The third-order valence-electron chi connectivity index (χ3n) is 1.28. The zero-order valence-electron chi connectivity index (χ0n) is 5.57. The van der Waals surface area contributed by atoms with Gasteiger partial charge in [-0.05, 0) is 28.1 Å². The van der Waals surface area contributed by atoms with E-state index in [2.05, 4.69) is 22.5 Å². The maximum atomic E-state index is 12.9. The van der Waals surface area contributed by atoms with Gasteiger partial charge in [-0.1, -0.05) is 24.3 Å². The molecule has 1 rings (SSSR count). The maximum absolute atomic E-state index is 12.9. The standard InChI is InChI=1S/C8H5BrClF/c1-2-5-7(11)4-3-6(10)8(5)9/h2-4H,1H2. The lowest BCUT2D eigenvalue weighted by atomic mass is 10.2. The fraction of sp³-hybridized carbons (Fsp3) is 0. The van der Waals surface area contributed by atoms with Gasteiger partial charge in [-0.3, -0.25) is 0 Å². The Hall–Kier alpha value is -0.340. The molecule has 0 saturated carbocycles. The monoisotopic (exact) mass is 234 g/mol. The highest BCUT2D eigenvalue weighted by atomic mass is 79.9. The SMILES string of the molecule is C=Cc1c(F)ccc(Cl)c1Br. The fourth-order valence-corrected chi connectivity index (χ4v) is 1.38. The molecule has 1 aromatic carbocycles. The van der Waals surface area contributed by atoms with E-state index >= 15 is 0 Å². The van der Waals surface area contributed by atoms with Gasteiger partial charge in [-0.25, -0.2) is 4.39 Å². The molecule has 0 aliphatic heterocycles. The van der Waals surface area contributed by atoms with Gasteiger partial charge in [0.15, 0.2) is 0 Å². The van der Waals surface area contributed by atoms with Gasteiger partial charge in [0.2, 0.25) is 0 Å². The molecule has 0 aliphatic carbocycles. The Morgan fingerprint density at radius 2 is 2.18 bits per heavy atom. The van der Waals surface area contributed by atoms with E-state index in [0.29, 0.717) is 15.1 Å². The smallest absolute Gasteiger partial charge is 0.131 e. The Morgan fingerprint density at radius 1 is 1.55 bits per heavy atom. The second-order valence-electron chi connectivity index (χ2n) is 1.96. The molecule has 0 amide bonds. The van der Waals surface area contributed by atoms with Crippen LogP contribution in [0.4, 0.5) is 4.39 Å². The van der Waals surface area contributed by atoms with Crippen LogP contribution in [0.25, 0.3) is 6.08 Å². The van der Waals surface area contributed by atoms with Crippen molar-refractivity contribution in [2.75, 3.05) is 0 Å². The van der Waals surface area contributed by atoms with Gasteiger partial charge < -0.3 is 0 Å². The Bertz CT molecular complexity index is 296. The molecule has 0 unspecified atom stereocenters. The van der Waals surface area contributed by atoms with E-state index in [-0.39, 0.29) is 5.82 Å². The van der Waals surface area contributed by atoms with Crippen LogP contribution in [0.5, 0.6) is 0 Å². The van der Waals surface area contributed by atoms with Crippen molar-refractivity contribution in [3.63, 3.8) is 0 Å². The topological polar surface area (TPSA) is 0 Å². The fourth-order valence-electron chi connectivity index (χ4n) is 0.730. The summed E-state index contributed by atoms with van der Waals surface area (Å²) in [6.45, 7) is 3.47. The Balaban J connectivity index is 3.40. The van der Waals surface area contributed by atoms with Gasteiger partial charge in [0.1, 0.15) is 5.82 Å². The van der Waals surface area contributed by atoms with Crippen molar-refractivity contribution < 1.29 is 4.39 Å². The van der Waals surface area contributed by atoms with Crippen molar-refractivity contribution in [3.05, 3.63) is 39.6 Å². The molecule has 0 bridgehead atoms. The summed E-state index contributed by atoms with van der Waals surface area (Å²) in [5.41, 5.74) is 0.400. The van der Waals surface area contributed by atoms with E-state index in [1.54, 1.807) is 0 Å². The van der Waals surface area contributed by atoms with Crippen molar-refractivity contribution >= 4 is 33.6 Å². The van der Waals surface area contributed by atoms with Gasteiger partial charge in [0.05, 0.1) is 5.02 Å². The van der Waals surface area contributed by atoms with E-state index in [0.717, 1.165) is 0 Å². The summed E-state index contributed by atoms with van der Waals surface area (Å²) >= 11 is 8.85. The van der Waals surface area contributed by atoms with Crippen LogP contribution in [-0.2, 0) is 0 Å². The van der Waals surface area contributed by atoms with E-state index in [9.17, 15) is 4.39 Å². The van der Waals surface area contributed by atoms with Gasteiger partial charge in [0, 0.05) is 10.0 Å². The van der Waals surface area contributed by atoms with Crippen LogP contribution < -0.4 is 0 Å². The van der Waals surface area contributed by atoms with Crippen molar-refractivity contribution in [2.24, 2.45) is 0 Å². The van der Waals surface area contributed by atoms with Crippen LogP contribution >= 0.6 is 27.5 Å². The molecular weight excluding hydrogens is 230 g/mol. The summed E-state index contributed by atoms with van der Waals surface area (Å²) in [7, 11) is 0. The summed E-state index contributed by atoms with van der Waals surface area (Å²) in [5.74, 6) is -0.323. The molecule has 0 aliphatic rings. The molecular formula is C8H5BrClF. The van der Waals surface area contributed by atoms with Gasteiger partial charge in [-0.2, -0.15) is 0 Å². The summed E-state index contributed by atoms with van der Waals surface area (Å²) < 4.78 is 13.4. The first-order valence-electron chi connectivity index (χ1n) is 2.92. The Kier molecular flexibility index (Phi) is 2.68. The predicted octanol–water partition coefficient (Wildman–Crippen LogP) is 3.88. The van der Waals surface area contributed by atoms with Crippen LogP contribution in [0.2, 0.25) is 5.02 Å². The lowest BCUT2D eigenvalue weighted by Gasteiger charge is -2.01. The second kappa shape index (κ2) is 3.37. The number of halogens is 3. The van der Waals surface area contributed by atoms with E-state index in [4.69, 9.17) is 11.6 Å². The maximum Gasteiger partial charge on any atom is 0.131 e. The average molecular weight is 235 g/mol. The van der Waals surface area contributed by atoms with Crippen LogP contribution in [0.1, 0.15) is 5.56 Å². The Morgan fingerprint density at radius 3 is 2.64 bits per heavy atom. The number of benzene rings is 1. The van der Waals surface area contributed by atoms with Crippen molar-refractivity contribution in [2.45, 2.75) is 0 Å². The minimum atomic E-state index is -0.323. The van der Waals surface area contributed by atoms with Crippen LogP contribution in [-0.4, -0.2) is 0 Å². The molecule has 0 saturated heterocycles. The van der Waals surface area contributed by atoms with E-state index < -0.39 is 0 Å². The van der Waals surface area contributed by atoms with Crippen LogP contribution in [0.3, 0.4) is 0 Å². The third kappa shape index (κ3) is 1.63. The predicted molar refractivity (Wildman–Crippen MR) is 49.2 cm³/mol. The minimum absolute atomic E-state index is 0.323. The first-order valence-corrected chi connectivity index (χ1v) is 4.10. The molecule has 0 heterocycles. The normalized spacial score (nSPS) is 9.73. The van der Waals surface area contributed by atoms with Gasteiger partial charge in [-0.15, -0.1) is 0 Å². The highest BCUT2D eigenvalue weighted by Gasteiger charge is 2.05. The lowest BCUT2D eigenvalue weighted by molar-refractivity contribution is 0.624. The third-order valence-corrected chi connectivity index (χ3v) is 2.68. The average Bonchev–Trinajstić information content (AvgIpc) is 1.99. The summed E-state index contributed by atoms with van der Waals surface area (Å²) in [5, 5.41) is 0.487. The Labute approximate surface area is 77.8 Å². The zero-order chi connectivity index (χ0) is 8.43. The lowest BCUT2D eigenvalue weighted by Crippen LogP contribution is -1.83. The van der Waals surface area contributed by atoms with E-state index in [1.807, 2.05) is 0 Å². The molecule has 58 valence electrons. The molecule has 0 fully saturated rings. The highest BCUT2D eigenvalue weighted by molar-refractivity contribution is 9.10. The molecule has 1 aromatic rings. The molecule has 0 N–H and O–H groups in total. The van der Waals surface area contributed by atoms with Crippen molar-refractivity contribution in [3.8, 4) is 0 Å². The minimum Gasteiger partial charge on any atom is -0.206 e. The zero-order valence-corrected chi connectivity index (χ0v) is 7.91. The van der Waals surface area contributed by atoms with Crippen molar-refractivity contribution in [1.82, 2.24) is 0 Å². The molecule has 0 nitrogen and oxygen atoms in total. The van der Waals surface area contributed by atoms with Crippen molar-refractivity contribution in [1.29, 1.82) is 0 Å². The van der Waals surface area contributed by atoms with Crippen LogP contribution in [0, 0.1) is 5.82 Å². The van der Waals surface area contributed by atoms with Gasteiger partial charge >= 0.3 is 0 Å². The molecule has 0 radical (unpaired) electrons. The number of hydrogen-bond acceptors (Lipinski definition) is 0. The number of hydrogen-bond donors (Lipinski definition) is 0. The molecule has 11 heavy (non-hydrogen) atoms. The molecule has 3 heteroatoms. The molecule has 0 atom stereocenters. The van der Waals surface area contributed by atoms with Gasteiger partial charge in [0.25, 0.3) is 0 Å². The quantitative estimate of drug-likeness (QED) is 0.648. The van der Waals surface area contributed by atoms with Crippen LogP contribution in [0.15, 0.2) is 23.2 Å². The first kappa shape index (κ1) is 8.75. The summed E-state index contributed by atoms with van der Waals surface area (Å²) in [6.07, 6.45) is 1.42. The molecule has 0 aromatic heterocycles. The summed E-state index contributed by atoms with van der Waals surface area (Å²) in [4.78, 5) is 0. The molecule has 0 spiro atoms. The second-order valence-corrected chi connectivity index (χ2v) is 3.16. The van der Waals surface area contributed by atoms with E-state index in [1.165, 1.54) is 18.2 Å². The largest absolute Gasteiger partial charge is 0.206 e. The highest BCUT2D eigenvalue weighted by Crippen LogP contribution is 2.28.